The molecule has 0 spiro atoms. The number of benzene rings is 1. The Kier molecular flexibility index (Phi) is 5.11. The van der Waals surface area contributed by atoms with Gasteiger partial charge in [0.15, 0.2) is 10.9 Å². The predicted octanol–water partition coefficient (Wildman–Crippen LogP) is 2.44. The summed E-state index contributed by atoms with van der Waals surface area (Å²) in [6.07, 6.45) is 0. The normalized spacial score (nSPS) is 10.0. The number of anilines is 2. The summed E-state index contributed by atoms with van der Waals surface area (Å²) in [6.45, 7) is 3.79. The van der Waals surface area contributed by atoms with Gasteiger partial charge in [-0.15, -0.1) is 0 Å². The fourth-order valence-electron chi connectivity index (χ4n) is 1.91. The smallest absolute Gasteiger partial charge is 0.189 e. The molecule has 0 saturated carbocycles. The van der Waals surface area contributed by atoms with E-state index in [4.69, 9.17) is 17.0 Å². The third-order valence-corrected chi connectivity index (χ3v) is 3.11. The van der Waals surface area contributed by atoms with Crippen molar-refractivity contribution in [1.29, 1.82) is 0 Å². The van der Waals surface area contributed by atoms with Gasteiger partial charge in [0, 0.05) is 24.5 Å². The first-order chi connectivity index (χ1) is 10.5. The van der Waals surface area contributed by atoms with Crippen molar-refractivity contribution >= 4 is 28.8 Å². The van der Waals surface area contributed by atoms with Crippen LogP contribution < -0.4 is 20.5 Å². The van der Waals surface area contributed by atoms with Gasteiger partial charge >= 0.3 is 0 Å². The summed E-state index contributed by atoms with van der Waals surface area (Å²) in [6, 6.07) is 9.41. The van der Waals surface area contributed by atoms with E-state index in [1.165, 1.54) is 0 Å². The van der Waals surface area contributed by atoms with Crippen LogP contribution in [0, 0.1) is 13.8 Å². The first-order valence-corrected chi connectivity index (χ1v) is 7.16. The molecule has 2 rings (SSSR count). The van der Waals surface area contributed by atoms with Gasteiger partial charge in [-0.1, -0.05) is 0 Å². The average molecular weight is 317 g/mol. The molecule has 0 fully saturated rings. The Morgan fingerprint density at radius 1 is 1.18 bits per heavy atom. The maximum absolute atomic E-state index is 5.30. The number of rotatable bonds is 4. The lowest BCUT2D eigenvalue weighted by molar-refractivity contribution is 0.415. The van der Waals surface area contributed by atoms with Crippen LogP contribution in [0.1, 0.15) is 11.5 Å². The van der Waals surface area contributed by atoms with E-state index in [9.17, 15) is 0 Å². The molecule has 0 aliphatic heterocycles. The predicted molar refractivity (Wildman–Crippen MR) is 92.3 cm³/mol. The van der Waals surface area contributed by atoms with Crippen molar-refractivity contribution in [2.45, 2.75) is 13.8 Å². The first-order valence-electron chi connectivity index (χ1n) is 6.75. The number of nitrogens with zero attached hydrogens (tertiary/aromatic N) is 3. The molecule has 116 valence electrons. The number of aromatic nitrogens is 2. The highest BCUT2D eigenvalue weighted by Gasteiger charge is 2.06. The van der Waals surface area contributed by atoms with Crippen LogP contribution >= 0.6 is 12.2 Å². The van der Waals surface area contributed by atoms with Gasteiger partial charge in [-0.2, -0.15) is 0 Å². The molecule has 6 nitrogen and oxygen atoms in total. The van der Waals surface area contributed by atoms with Crippen LogP contribution in [0.15, 0.2) is 30.3 Å². The molecule has 0 bridgehead atoms. The molecule has 1 aromatic carbocycles. The molecule has 0 saturated heterocycles. The quantitative estimate of drug-likeness (QED) is 0.663. The molecule has 0 atom stereocenters. The molecular weight excluding hydrogens is 298 g/mol. The van der Waals surface area contributed by atoms with Crippen molar-refractivity contribution in [1.82, 2.24) is 15.4 Å². The van der Waals surface area contributed by atoms with E-state index >= 15 is 0 Å². The van der Waals surface area contributed by atoms with Gasteiger partial charge in [0.25, 0.3) is 0 Å². The lowest BCUT2D eigenvalue weighted by atomic mass is 10.3. The zero-order valence-electron chi connectivity index (χ0n) is 13.0. The standard InChI is InChI=1S/C15H19N5OS/c1-10-9-14(17-11(2)16-10)20(3)19-15(22)18-12-5-7-13(21-4)8-6-12/h5-9H,1-4H3,(H2,18,19,22). The highest BCUT2D eigenvalue weighted by molar-refractivity contribution is 7.80. The third-order valence-electron chi connectivity index (χ3n) is 2.91. The van der Waals surface area contributed by atoms with Crippen LogP contribution in [0.3, 0.4) is 0 Å². The maximum atomic E-state index is 5.30. The second-order valence-corrected chi connectivity index (χ2v) is 5.18. The van der Waals surface area contributed by atoms with E-state index in [0.29, 0.717) is 5.11 Å². The van der Waals surface area contributed by atoms with Crippen molar-refractivity contribution in [2.75, 3.05) is 24.5 Å². The van der Waals surface area contributed by atoms with Crippen LogP contribution in [0.25, 0.3) is 0 Å². The molecule has 0 aliphatic rings. The second-order valence-electron chi connectivity index (χ2n) is 4.77. The van der Waals surface area contributed by atoms with Gasteiger partial charge in [-0.25, -0.2) is 9.97 Å². The summed E-state index contributed by atoms with van der Waals surface area (Å²) in [7, 11) is 3.48. The van der Waals surface area contributed by atoms with E-state index in [1.807, 2.05) is 51.2 Å². The van der Waals surface area contributed by atoms with Gasteiger partial charge in [0.1, 0.15) is 11.6 Å². The van der Waals surface area contributed by atoms with E-state index < -0.39 is 0 Å². The monoisotopic (exact) mass is 317 g/mol. The molecule has 0 aliphatic carbocycles. The van der Waals surface area contributed by atoms with Crippen molar-refractivity contribution < 1.29 is 4.74 Å². The fourth-order valence-corrected chi connectivity index (χ4v) is 2.17. The Bertz CT molecular complexity index is 639. The van der Waals surface area contributed by atoms with Crippen LogP contribution in [-0.4, -0.2) is 29.2 Å². The molecule has 2 aromatic rings. The Hall–Kier alpha value is -2.41. The zero-order chi connectivity index (χ0) is 16.1. The van der Waals surface area contributed by atoms with Crippen LogP contribution in [0.4, 0.5) is 11.5 Å². The second kappa shape index (κ2) is 7.04. The largest absolute Gasteiger partial charge is 0.497 e. The Balaban J connectivity index is 1.98. The van der Waals surface area contributed by atoms with Crippen molar-refractivity contribution in [3.05, 3.63) is 41.9 Å². The Morgan fingerprint density at radius 3 is 2.45 bits per heavy atom. The SMILES string of the molecule is COc1ccc(NC(=S)NN(C)c2cc(C)nc(C)n2)cc1. The first kappa shape index (κ1) is 16.0. The highest BCUT2D eigenvalue weighted by Crippen LogP contribution is 2.15. The fraction of sp³-hybridized carbons (Fsp3) is 0.267. The number of hydrogen-bond acceptors (Lipinski definition) is 5. The lowest BCUT2D eigenvalue weighted by Crippen LogP contribution is -2.42. The molecule has 0 unspecified atom stereocenters. The van der Waals surface area contributed by atoms with E-state index in [2.05, 4.69) is 20.7 Å². The van der Waals surface area contributed by atoms with E-state index in [1.54, 1.807) is 12.1 Å². The zero-order valence-corrected chi connectivity index (χ0v) is 13.9. The summed E-state index contributed by atoms with van der Waals surface area (Å²) in [5.74, 6) is 2.27. The summed E-state index contributed by atoms with van der Waals surface area (Å²) >= 11 is 5.30. The number of methoxy groups -OCH3 is 1. The van der Waals surface area contributed by atoms with Gasteiger partial charge < -0.3 is 10.1 Å². The summed E-state index contributed by atoms with van der Waals surface area (Å²) in [4.78, 5) is 8.62. The molecule has 7 heteroatoms. The number of thiocarbonyl (C=S) groups is 1. The Labute approximate surface area is 135 Å². The minimum Gasteiger partial charge on any atom is -0.497 e. The Morgan fingerprint density at radius 2 is 1.86 bits per heavy atom. The molecule has 0 radical (unpaired) electrons. The number of hydrogen-bond donors (Lipinski definition) is 2. The molecule has 22 heavy (non-hydrogen) atoms. The van der Waals surface area contributed by atoms with Crippen molar-refractivity contribution in [3.8, 4) is 5.75 Å². The van der Waals surface area contributed by atoms with E-state index in [-0.39, 0.29) is 0 Å². The molecular formula is C15H19N5OS. The van der Waals surface area contributed by atoms with Crippen LogP contribution in [0.2, 0.25) is 0 Å². The number of aryl methyl sites for hydroxylation is 2. The highest BCUT2D eigenvalue weighted by atomic mass is 32.1. The molecule has 1 aromatic heterocycles. The van der Waals surface area contributed by atoms with Gasteiger partial charge in [0.2, 0.25) is 0 Å². The van der Waals surface area contributed by atoms with Gasteiger partial charge in [0.05, 0.1) is 7.11 Å². The van der Waals surface area contributed by atoms with Crippen molar-refractivity contribution in [3.63, 3.8) is 0 Å². The van der Waals surface area contributed by atoms with E-state index in [0.717, 1.165) is 28.8 Å². The average Bonchev–Trinajstić information content (AvgIpc) is 2.47. The van der Waals surface area contributed by atoms with Crippen molar-refractivity contribution in [2.24, 2.45) is 0 Å². The maximum Gasteiger partial charge on any atom is 0.189 e. The molecule has 1 heterocycles. The number of ether oxygens (including phenoxy) is 1. The number of hydrazine groups is 1. The third kappa shape index (κ3) is 4.29. The lowest BCUT2D eigenvalue weighted by Gasteiger charge is -2.22. The van der Waals surface area contributed by atoms with Crippen LogP contribution in [0.5, 0.6) is 5.75 Å². The topological polar surface area (TPSA) is 62.3 Å². The summed E-state index contributed by atoms with van der Waals surface area (Å²) < 4.78 is 5.12. The summed E-state index contributed by atoms with van der Waals surface area (Å²) in [5, 5.41) is 5.33. The van der Waals surface area contributed by atoms with Gasteiger partial charge in [-0.05, 0) is 50.3 Å². The van der Waals surface area contributed by atoms with Gasteiger partial charge in [-0.3, -0.25) is 10.4 Å². The summed E-state index contributed by atoms with van der Waals surface area (Å²) in [5.41, 5.74) is 4.84. The number of nitrogens with one attached hydrogen (secondary N) is 2. The molecule has 0 amide bonds. The molecule has 2 N–H and O–H groups in total. The minimum atomic E-state index is 0.474. The van der Waals surface area contributed by atoms with Crippen LogP contribution in [-0.2, 0) is 0 Å². The minimum absolute atomic E-state index is 0.474.